The van der Waals surface area contributed by atoms with Crippen LogP contribution in [0.2, 0.25) is 0 Å². The average Bonchev–Trinajstić information content (AvgIpc) is 2.90. The normalized spacial score (nSPS) is 17.0. The molecule has 1 amide bonds. The first-order chi connectivity index (χ1) is 8.33. The maximum absolute atomic E-state index is 12.3. The number of halogens is 1. The second kappa shape index (κ2) is 6.44. The fourth-order valence-corrected chi connectivity index (χ4v) is 3.15. The molecule has 1 aromatic rings. The highest BCUT2D eigenvalue weighted by Gasteiger charge is 2.26. The molecule has 94 valence electrons. The van der Waals surface area contributed by atoms with Crippen LogP contribution in [0, 0.1) is 0 Å². The number of amides is 1. The Balaban J connectivity index is 2.07. The molecule has 1 saturated carbocycles. The van der Waals surface area contributed by atoms with Crippen molar-refractivity contribution < 1.29 is 4.79 Å². The van der Waals surface area contributed by atoms with Gasteiger partial charge in [-0.1, -0.05) is 39.7 Å². The number of nitrogens with zero attached hydrogens (tertiary/aromatic N) is 3. The van der Waals surface area contributed by atoms with Crippen molar-refractivity contribution in [3.05, 3.63) is 11.1 Å². The van der Waals surface area contributed by atoms with E-state index in [9.17, 15) is 4.79 Å². The molecule has 1 fully saturated rings. The van der Waals surface area contributed by atoms with E-state index in [0.717, 1.165) is 24.7 Å². The van der Waals surface area contributed by atoms with Crippen LogP contribution >= 0.6 is 27.5 Å². The highest BCUT2D eigenvalue weighted by Crippen LogP contribution is 2.23. The second-order valence-corrected chi connectivity index (χ2v) is 5.67. The quantitative estimate of drug-likeness (QED) is 0.802. The van der Waals surface area contributed by atoms with Gasteiger partial charge in [-0.3, -0.25) is 4.79 Å². The van der Waals surface area contributed by atoms with E-state index in [4.69, 9.17) is 0 Å². The molecule has 0 saturated heterocycles. The van der Waals surface area contributed by atoms with Crippen LogP contribution in [-0.4, -0.2) is 38.3 Å². The summed E-state index contributed by atoms with van der Waals surface area (Å²) < 4.78 is 3.76. The van der Waals surface area contributed by atoms with Crippen molar-refractivity contribution in [3.8, 4) is 0 Å². The molecule has 1 aliphatic rings. The smallest absolute Gasteiger partial charge is 0.275 e. The van der Waals surface area contributed by atoms with Crippen molar-refractivity contribution in [2.24, 2.45) is 0 Å². The maximum atomic E-state index is 12.3. The third kappa shape index (κ3) is 3.25. The van der Waals surface area contributed by atoms with Gasteiger partial charge in [0.05, 0.1) is 0 Å². The van der Waals surface area contributed by atoms with Gasteiger partial charge >= 0.3 is 0 Å². The van der Waals surface area contributed by atoms with Crippen LogP contribution < -0.4 is 0 Å². The molecule has 0 spiro atoms. The van der Waals surface area contributed by atoms with E-state index in [1.54, 1.807) is 5.38 Å². The lowest BCUT2D eigenvalue weighted by Gasteiger charge is -2.33. The Morgan fingerprint density at radius 2 is 2.24 bits per heavy atom. The summed E-state index contributed by atoms with van der Waals surface area (Å²) in [6, 6.07) is 0.385. The first-order valence-corrected chi connectivity index (χ1v) is 7.92. The Bertz CT molecular complexity index is 352. The second-order valence-electron chi connectivity index (χ2n) is 4.27. The zero-order valence-electron chi connectivity index (χ0n) is 9.64. The van der Waals surface area contributed by atoms with Crippen LogP contribution in [0.1, 0.15) is 42.6 Å². The summed E-state index contributed by atoms with van der Waals surface area (Å²) in [6.45, 7) is 0.751. The summed E-state index contributed by atoms with van der Waals surface area (Å²) in [7, 11) is 0. The molecular weight excluding hydrogens is 302 g/mol. The zero-order chi connectivity index (χ0) is 12.1. The number of rotatable bonds is 4. The van der Waals surface area contributed by atoms with E-state index in [0.29, 0.717) is 11.7 Å². The lowest BCUT2D eigenvalue weighted by Crippen LogP contribution is -2.42. The molecule has 4 nitrogen and oxygen atoms in total. The topological polar surface area (TPSA) is 46.1 Å². The Morgan fingerprint density at radius 1 is 1.47 bits per heavy atom. The van der Waals surface area contributed by atoms with E-state index in [2.05, 4.69) is 25.5 Å². The van der Waals surface area contributed by atoms with E-state index in [1.807, 2.05) is 4.90 Å². The van der Waals surface area contributed by atoms with Crippen molar-refractivity contribution in [2.45, 2.75) is 38.1 Å². The van der Waals surface area contributed by atoms with Gasteiger partial charge in [-0.25, -0.2) is 0 Å². The summed E-state index contributed by atoms with van der Waals surface area (Å²) in [5.74, 6) is 0.0325. The van der Waals surface area contributed by atoms with Crippen LogP contribution in [0.5, 0.6) is 0 Å². The first-order valence-electron chi connectivity index (χ1n) is 5.97. The number of hydrogen-bond acceptors (Lipinski definition) is 4. The van der Waals surface area contributed by atoms with Crippen molar-refractivity contribution >= 4 is 33.4 Å². The minimum absolute atomic E-state index is 0.0325. The lowest BCUT2D eigenvalue weighted by molar-refractivity contribution is 0.0645. The van der Waals surface area contributed by atoms with Crippen molar-refractivity contribution in [3.63, 3.8) is 0 Å². The molecule has 0 N–H and O–H groups in total. The van der Waals surface area contributed by atoms with Crippen molar-refractivity contribution in [1.82, 2.24) is 14.5 Å². The van der Waals surface area contributed by atoms with Gasteiger partial charge in [-0.2, -0.15) is 0 Å². The van der Waals surface area contributed by atoms with E-state index < -0.39 is 0 Å². The van der Waals surface area contributed by atoms with Gasteiger partial charge in [0.25, 0.3) is 5.91 Å². The van der Waals surface area contributed by atoms with Gasteiger partial charge in [0.2, 0.25) is 0 Å². The van der Waals surface area contributed by atoms with Crippen LogP contribution in [0.3, 0.4) is 0 Å². The minimum atomic E-state index is 0.0325. The van der Waals surface area contributed by atoms with Crippen LogP contribution in [0.15, 0.2) is 5.38 Å². The average molecular weight is 318 g/mol. The number of hydrogen-bond donors (Lipinski definition) is 0. The highest BCUT2D eigenvalue weighted by atomic mass is 79.9. The van der Waals surface area contributed by atoms with Crippen LogP contribution in [0.25, 0.3) is 0 Å². The zero-order valence-corrected chi connectivity index (χ0v) is 12.0. The number of carbonyl (C=O) groups excluding carboxylic acids is 1. The Hall–Kier alpha value is -0.490. The molecule has 1 heterocycles. The Kier molecular flexibility index (Phi) is 4.91. The maximum Gasteiger partial charge on any atom is 0.275 e. The van der Waals surface area contributed by atoms with E-state index in [1.165, 1.54) is 30.8 Å². The molecule has 0 radical (unpaired) electrons. The summed E-state index contributed by atoms with van der Waals surface area (Å²) in [5.41, 5.74) is 0.488. The Labute approximate surface area is 114 Å². The largest absolute Gasteiger partial charge is 0.333 e. The molecular formula is C11H16BrN3OS. The standard InChI is InChI=1S/C11H16BrN3OS/c12-6-7-15(9-4-2-1-3-5-9)11(16)10-8-17-14-13-10/h8-9H,1-7H2. The molecule has 2 rings (SSSR count). The SMILES string of the molecule is O=C(c1csnn1)N(CCBr)C1CCCCC1. The van der Waals surface area contributed by atoms with E-state index >= 15 is 0 Å². The van der Waals surface area contributed by atoms with Crippen molar-refractivity contribution in [1.29, 1.82) is 0 Å². The van der Waals surface area contributed by atoms with Crippen molar-refractivity contribution in [2.75, 3.05) is 11.9 Å². The predicted octanol–water partition coefficient (Wildman–Crippen LogP) is 2.71. The van der Waals surface area contributed by atoms with Crippen LogP contribution in [0.4, 0.5) is 0 Å². The third-order valence-corrected chi connectivity index (χ3v) is 4.04. The summed E-state index contributed by atoms with van der Waals surface area (Å²) in [6.07, 6.45) is 6.00. The van der Waals surface area contributed by atoms with Gasteiger partial charge in [0.15, 0.2) is 5.69 Å². The Morgan fingerprint density at radius 3 is 2.82 bits per heavy atom. The summed E-state index contributed by atoms with van der Waals surface area (Å²) in [4.78, 5) is 14.3. The van der Waals surface area contributed by atoms with Gasteiger partial charge in [-0.05, 0) is 24.4 Å². The third-order valence-electron chi connectivity index (χ3n) is 3.18. The van der Waals surface area contributed by atoms with E-state index in [-0.39, 0.29) is 5.91 Å². The summed E-state index contributed by atoms with van der Waals surface area (Å²) >= 11 is 4.65. The molecule has 1 aromatic heterocycles. The fraction of sp³-hybridized carbons (Fsp3) is 0.727. The van der Waals surface area contributed by atoms with Crippen LogP contribution in [-0.2, 0) is 0 Å². The molecule has 0 aliphatic heterocycles. The predicted molar refractivity (Wildman–Crippen MR) is 71.6 cm³/mol. The summed E-state index contributed by atoms with van der Waals surface area (Å²) in [5, 5.41) is 6.42. The highest BCUT2D eigenvalue weighted by molar-refractivity contribution is 9.09. The number of aromatic nitrogens is 2. The molecule has 0 unspecified atom stereocenters. The lowest BCUT2D eigenvalue weighted by atomic mass is 9.94. The minimum Gasteiger partial charge on any atom is -0.333 e. The molecule has 1 aliphatic carbocycles. The number of alkyl halides is 1. The van der Waals surface area contributed by atoms with Gasteiger partial charge in [0, 0.05) is 23.3 Å². The molecule has 0 aromatic carbocycles. The fourth-order valence-electron chi connectivity index (χ4n) is 2.34. The van der Waals surface area contributed by atoms with Gasteiger partial charge in [0.1, 0.15) is 0 Å². The molecule has 0 bridgehead atoms. The molecule has 17 heavy (non-hydrogen) atoms. The first kappa shape index (κ1) is 13.0. The van der Waals surface area contributed by atoms with Gasteiger partial charge in [-0.15, -0.1) is 5.10 Å². The number of carbonyl (C=O) groups is 1. The van der Waals surface area contributed by atoms with Gasteiger partial charge < -0.3 is 4.90 Å². The molecule has 0 atom stereocenters. The monoisotopic (exact) mass is 317 g/mol. The molecule has 6 heteroatoms.